The molecule has 0 radical (unpaired) electrons. The lowest BCUT2D eigenvalue weighted by atomic mass is 9.90. The Balaban J connectivity index is 1.36. The minimum Gasteiger partial charge on any atom is -0.383 e. The molecule has 1 aliphatic rings. The summed E-state index contributed by atoms with van der Waals surface area (Å²) in [6.07, 6.45) is 12.3. The summed E-state index contributed by atoms with van der Waals surface area (Å²) in [5.74, 6) is 0.889. The Bertz CT molecular complexity index is 673. The van der Waals surface area contributed by atoms with E-state index in [1.165, 1.54) is 55.6 Å². The maximum Gasteiger partial charge on any atom is 0.0389 e. The largest absolute Gasteiger partial charge is 0.383 e. The van der Waals surface area contributed by atoms with E-state index in [1.807, 2.05) is 18.5 Å². The summed E-state index contributed by atoms with van der Waals surface area (Å²) in [5.41, 5.74) is 3.87. The van der Waals surface area contributed by atoms with E-state index in [-0.39, 0.29) is 0 Å². The summed E-state index contributed by atoms with van der Waals surface area (Å²) in [6, 6.07) is 15.0. The Morgan fingerprint density at radius 3 is 2.67 bits per heavy atom. The van der Waals surface area contributed by atoms with Crippen molar-refractivity contribution in [1.29, 1.82) is 0 Å². The lowest BCUT2D eigenvalue weighted by Crippen LogP contribution is -2.38. The van der Waals surface area contributed by atoms with Crippen LogP contribution in [0.3, 0.4) is 0 Å². The lowest BCUT2D eigenvalue weighted by Gasteiger charge is -2.32. The number of aromatic nitrogens is 1. The summed E-state index contributed by atoms with van der Waals surface area (Å²) in [4.78, 5) is 6.85. The smallest absolute Gasteiger partial charge is 0.0389 e. The Hall–Kier alpha value is -2.13. The Morgan fingerprint density at radius 1 is 1.15 bits per heavy atom. The molecule has 1 fully saturated rings. The predicted octanol–water partition coefficient (Wildman–Crippen LogP) is 4.77. The van der Waals surface area contributed by atoms with Crippen molar-refractivity contribution in [3.63, 3.8) is 0 Å². The molecule has 1 aromatic heterocycles. The number of nitrogens with one attached hydrogen (secondary N) is 1. The van der Waals surface area contributed by atoms with Gasteiger partial charge in [-0.2, -0.15) is 0 Å². The van der Waals surface area contributed by atoms with Crippen molar-refractivity contribution in [2.24, 2.45) is 5.92 Å². The van der Waals surface area contributed by atoms with E-state index < -0.39 is 0 Å². The summed E-state index contributed by atoms with van der Waals surface area (Å²) < 4.78 is 0. The van der Waals surface area contributed by atoms with E-state index in [9.17, 15) is 0 Å². The maximum absolute atomic E-state index is 4.24. The average Bonchev–Trinajstić information content (AvgIpc) is 2.74. The van der Waals surface area contributed by atoms with Gasteiger partial charge in [-0.3, -0.25) is 4.98 Å². The number of aryl methyl sites for hydroxylation is 1. The zero-order valence-electron chi connectivity index (χ0n) is 16.6. The number of pyridine rings is 1. The summed E-state index contributed by atoms with van der Waals surface area (Å²) in [5, 5.41) is 3.62. The Morgan fingerprint density at radius 2 is 1.96 bits per heavy atom. The summed E-state index contributed by atoms with van der Waals surface area (Å²) in [6.45, 7) is 6.77. The van der Waals surface area contributed by atoms with Gasteiger partial charge in [0.05, 0.1) is 0 Å². The fourth-order valence-electron chi connectivity index (χ4n) is 3.88. The van der Waals surface area contributed by atoms with Crippen molar-refractivity contribution in [3.05, 3.63) is 72.1 Å². The van der Waals surface area contributed by atoms with Gasteiger partial charge in [0.1, 0.15) is 0 Å². The third-order valence-electron chi connectivity index (χ3n) is 5.52. The number of likely N-dealkylation sites (tertiary alicyclic amines) is 1. The molecule has 27 heavy (non-hydrogen) atoms. The van der Waals surface area contributed by atoms with Crippen LogP contribution in [-0.4, -0.2) is 36.1 Å². The number of hydrogen-bond acceptors (Lipinski definition) is 3. The number of allylic oxidation sites excluding steroid dienone is 1. The van der Waals surface area contributed by atoms with Gasteiger partial charge in [-0.15, -0.1) is 0 Å². The van der Waals surface area contributed by atoms with Gasteiger partial charge in [0.2, 0.25) is 0 Å². The molecule has 0 atom stereocenters. The summed E-state index contributed by atoms with van der Waals surface area (Å²) in [7, 11) is 0. The molecular weight excluding hydrogens is 330 g/mol. The van der Waals surface area contributed by atoms with E-state index in [0.717, 1.165) is 25.4 Å². The number of benzene rings is 1. The monoisotopic (exact) mass is 363 g/mol. The number of nitrogens with zero attached hydrogens (tertiary/aromatic N) is 2. The molecule has 0 unspecified atom stereocenters. The molecule has 2 aromatic rings. The van der Waals surface area contributed by atoms with Gasteiger partial charge in [-0.25, -0.2) is 0 Å². The first-order valence-electron chi connectivity index (χ1n) is 10.5. The van der Waals surface area contributed by atoms with Gasteiger partial charge >= 0.3 is 0 Å². The predicted molar refractivity (Wildman–Crippen MR) is 114 cm³/mol. The number of rotatable bonds is 9. The highest BCUT2D eigenvalue weighted by molar-refractivity contribution is 5.62. The molecule has 0 spiro atoms. The molecular formula is C24H33N3. The lowest BCUT2D eigenvalue weighted by molar-refractivity contribution is 0.181. The van der Waals surface area contributed by atoms with Gasteiger partial charge in [0.25, 0.3) is 0 Å². The van der Waals surface area contributed by atoms with E-state index in [0.29, 0.717) is 0 Å². The molecule has 1 aromatic carbocycles. The zero-order chi connectivity index (χ0) is 18.7. The van der Waals surface area contributed by atoms with Crippen LogP contribution in [0.1, 0.15) is 43.7 Å². The molecule has 1 saturated heterocycles. The molecule has 0 bridgehead atoms. The summed E-state index contributed by atoms with van der Waals surface area (Å²) >= 11 is 0. The Labute approximate surface area is 164 Å². The molecule has 1 N–H and O–H groups in total. The third kappa shape index (κ3) is 6.51. The van der Waals surface area contributed by atoms with Crippen LogP contribution in [0.25, 0.3) is 5.70 Å². The highest BCUT2D eigenvalue weighted by atomic mass is 15.1. The van der Waals surface area contributed by atoms with E-state index in [2.05, 4.69) is 64.6 Å². The van der Waals surface area contributed by atoms with Crippen LogP contribution >= 0.6 is 0 Å². The van der Waals surface area contributed by atoms with Gasteiger partial charge < -0.3 is 10.2 Å². The first kappa shape index (κ1) is 19.6. The van der Waals surface area contributed by atoms with Gasteiger partial charge in [0, 0.05) is 36.7 Å². The van der Waals surface area contributed by atoms with Crippen molar-refractivity contribution in [2.75, 3.05) is 26.2 Å². The van der Waals surface area contributed by atoms with Crippen LogP contribution in [0.5, 0.6) is 0 Å². The van der Waals surface area contributed by atoms with Crippen molar-refractivity contribution in [2.45, 2.75) is 39.0 Å². The SMILES string of the molecule is CC/C=C(\NCCN1CCC(CCc2ccccc2)CC1)c1cccnc1. The molecule has 144 valence electrons. The first-order chi connectivity index (χ1) is 13.3. The second kappa shape index (κ2) is 10.9. The minimum absolute atomic E-state index is 0.889. The quantitative estimate of drug-likeness (QED) is 0.696. The van der Waals surface area contributed by atoms with Crippen molar-refractivity contribution >= 4 is 5.70 Å². The molecule has 2 heterocycles. The molecule has 3 heteroatoms. The topological polar surface area (TPSA) is 28.2 Å². The van der Waals surface area contributed by atoms with Gasteiger partial charge in [0.15, 0.2) is 0 Å². The van der Waals surface area contributed by atoms with Crippen LogP contribution in [-0.2, 0) is 6.42 Å². The second-order valence-electron chi connectivity index (χ2n) is 7.50. The van der Waals surface area contributed by atoms with Crippen LogP contribution < -0.4 is 5.32 Å². The number of hydrogen-bond donors (Lipinski definition) is 1. The first-order valence-corrected chi connectivity index (χ1v) is 10.5. The molecule has 3 rings (SSSR count). The van der Waals surface area contributed by atoms with Gasteiger partial charge in [-0.05, 0) is 68.8 Å². The molecule has 0 amide bonds. The highest BCUT2D eigenvalue weighted by Crippen LogP contribution is 2.22. The zero-order valence-corrected chi connectivity index (χ0v) is 16.6. The fraction of sp³-hybridized carbons (Fsp3) is 0.458. The molecule has 1 aliphatic heterocycles. The van der Waals surface area contributed by atoms with Crippen molar-refractivity contribution in [3.8, 4) is 0 Å². The fourth-order valence-corrected chi connectivity index (χ4v) is 3.88. The van der Waals surface area contributed by atoms with Crippen LogP contribution in [0, 0.1) is 5.92 Å². The average molecular weight is 364 g/mol. The molecule has 3 nitrogen and oxygen atoms in total. The van der Waals surface area contributed by atoms with E-state index >= 15 is 0 Å². The van der Waals surface area contributed by atoms with E-state index in [1.54, 1.807) is 0 Å². The van der Waals surface area contributed by atoms with Crippen LogP contribution in [0.2, 0.25) is 0 Å². The van der Waals surface area contributed by atoms with E-state index in [4.69, 9.17) is 0 Å². The molecule has 0 aliphatic carbocycles. The second-order valence-corrected chi connectivity index (χ2v) is 7.50. The maximum atomic E-state index is 4.24. The van der Waals surface area contributed by atoms with Crippen molar-refractivity contribution in [1.82, 2.24) is 15.2 Å². The highest BCUT2D eigenvalue weighted by Gasteiger charge is 2.18. The minimum atomic E-state index is 0.889. The Kier molecular flexibility index (Phi) is 7.91. The van der Waals surface area contributed by atoms with Crippen LogP contribution in [0.15, 0.2) is 60.9 Å². The van der Waals surface area contributed by atoms with Crippen molar-refractivity contribution < 1.29 is 0 Å². The standard InChI is InChI=1S/C24H33N3/c1-2-7-24(23-10-6-15-25-20-23)26-16-19-27-17-13-22(14-18-27)12-11-21-8-4-3-5-9-21/h3-10,15,20,22,26H,2,11-14,16-19H2,1H3/b24-7-. The normalized spacial score (nSPS) is 16.4. The van der Waals surface area contributed by atoms with Gasteiger partial charge in [-0.1, -0.05) is 43.3 Å². The number of piperidine rings is 1. The third-order valence-corrected chi connectivity index (χ3v) is 5.52. The molecule has 0 saturated carbocycles. The van der Waals surface area contributed by atoms with Crippen LogP contribution in [0.4, 0.5) is 0 Å².